The summed E-state index contributed by atoms with van der Waals surface area (Å²) in [6.45, 7) is 1.85. The second kappa shape index (κ2) is 6.34. The molecule has 8 heteroatoms. The van der Waals surface area contributed by atoms with Crippen molar-refractivity contribution in [2.45, 2.75) is 38.2 Å². The summed E-state index contributed by atoms with van der Waals surface area (Å²) in [5, 5.41) is 13.9. The first-order valence-electron chi connectivity index (χ1n) is 8.71. The summed E-state index contributed by atoms with van der Waals surface area (Å²) >= 11 is 5.99. The van der Waals surface area contributed by atoms with Crippen LogP contribution in [0.1, 0.15) is 24.8 Å². The molecule has 1 fully saturated rings. The van der Waals surface area contributed by atoms with Crippen molar-refractivity contribution >= 4 is 28.6 Å². The number of pyridine rings is 1. The minimum atomic E-state index is -2.61. The largest absolute Gasteiger partial charge is 0.507 e. The van der Waals surface area contributed by atoms with Crippen molar-refractivity contribution in [2.75, 3.05) is 5.32 Å². The molecule has 2 aromatic heterocycles. The van der Waals surface area contributed by atoms with Crippen LogP contribution in [0.5, 0.6) is 5.75 Å². The highest BCUT2D eigenvalue weighted by molar-refractivity contribution is 6.31. The van der Waals surface area contributed by atoms with Gasteiger partial charge < -0.3 is 15.0 Å². The van der Waals surface area contributed by atoms with Crippen LogP contribution >= 0.6 is 11.6 Å². The maximum Gasteiger partial charge on any atom is 0.250 e. The molecule has 1 atom stereocenters. The number of hydrogen-bond acceptors (Lipinski definition) is 4. The van der Waals surface area contributed by atoms with E-state index in [1.165, 1.54) is 6.07 Å². The van der Waals surface area contributed by atoms with Crippen LogP contribution in [0.3, 0.4) is 0 Å². The molecule has 142 valence electrons. The van der Waals surface area contributed by atoms with Gasteiger partial charge in [-0.3, -0.25) is 0 Å². The summed E-state index contributed by atoms with van der Waals surface area (Å²) in [6, 6.07) is 6.55. The third-order valence-electron chi connectivity index (χ3n) is 5.00. The van der Waals surface area contributed by atoms with Gasteiger partial charge in [-0.2, -0.15) is 0 Å². The lowest BCUT2D eigenvalue weighted by Crippen LogP contribution is -2.19. The predicted octanol–water partition coefficient (Wildman–Crippen LogP) is 4.90. The molecule has 1 unspecified atom stereocenters. The Kier molecular flexibility index (Phi) is 4.22. The maximum absolute atomic E-state index is 13.4. The second-order valence-electron chi connectivity index (χ2n) is 7.09. The molecule has 3 aromatic rings. The minimum absolute atomic E-state index is 0.0462. The Morgan fingerprint density at radius 1 is 1.30 bits per heavy atom. The molecule has 0 radical (unpaired) electrons. The van der Waals surface area contributed by atoms with Crippen LogP contribution in [0.15, 0.2) is 24.3 Å². The number of aromatic nitrogens is 3. The van der Waals surface area contributed by atoms with Gasteiger partial charge in [0.15, 0.2) is 5.65 Å². The smallest absolute Gasteiger partial charge is 0.250 e. The third-order valence-corrected chi connectivity index (χ3v) is 5.22. The Hall–Kier alpha value is -2.41. The molecule has 0 spiro atoms. The van der Waals surface area contributed by atoms with Crippen LogP contribution < -0.4 is 5.32 Å². The first-order valence-corrected chi connectivity index (χ1v) is 9.09. The van der Waals surface area contributed by atoms with E-state index in [2.05, 4.69) is 15.3 Å². The van der Waals surface area contributed by atoms with E-state index in [0.29, 0.717) is 34.3 Å². The van der Waals surface area contributed by atoms with Gasteiger partial charge in [-0.1, -0.05) is 11.6 Å². The van der Waals surface area contributed by atoms with Gasteiger partial charge in [-0.25, -0.2) is 18.7 Å². The van der Waals surface area contributed by atoms with Gasteiger partial charge in [0.25, 0.3) is 0 Å². The molecule has 1 saturated carbocycles. The molecule has 1 aliphatic carbocycles. The lowest BCUT2D eigenvalue weighted by Gasteiger charge is -2.13. The van der Waals surface area contributed by atoms with Crippen LogP contribution in [0.2, 0.25) is 5.02 Å². The molecule has 2 N–H and O–H groups in total. The van der Waals surface area contributed by atoms with E-state index >= 15 is 0 Å². The number of aromatic hydroxyl groups is 1. The first-order chi connectivity index (χ1) is 12.7. The molecule has 2 heterocycles. The average Bonchev–Trinajstić information content (AvgIpc) is 3.06. The first kappa shape index (κ1) is 18.0. The number of rotatable bonds is 3. The molecule has 0 saturated heterocycles. The molecule has 0 aliphatic heterocycles. The quantitative estimate of drug-likeness (QED) is 0.665. The van der Waals surface area contributed by atoms with Crippen molar-refractivity contribution in [1.82, 2.24) is 14.5 Å². The van der Waals surface area contributed by atoms with E-state index in [9.17, 15) is 13.9 Å². The summed E-state index contributed by atoms with van der Waals surface area (Å²) in [5.74, 6) is -1.48. The molecule has 27 heavy (non-hydrogen) atoms. The fourth-order valence-electron chi connectivity index (χ4n) is 3.68. The fourth-order valence-corrected chi connectivity index (χ4v) is 3.94. The molecule has 0 amide bonds. The van der Waals surface area contributed by atoms with Crippen LogP contribution in [0.4, 0.5) is 14.6 Å². The normalized spacial score (nSPS) is 18.9. The van der Waals surface area contributed by atoms with Crippen LogP contribution in [-0.4, -0.2) is 31.6 Å². The number of phenolic OH excluding ortho intramolecular Hbond substituents is 1. The SMILES string of the molecule is Cc1cc(Cl)cc(O)c1-c1nc2nc(NC3CCC(F)(F)C3)ccc2n1C. The summed E-state index contributed by atoms with van der Waals surface area (Å²) in [4.78, 5) is 9.03. The number of aryl methyl sites for hydroxylation is 2. The Balaban J connectivity index is 1.70. The van der Waals surface area contributed by atoms with E-state index < -0.39 is 5.92 Å². The Bertz CT molecular complexity index is 1010. The molecular formula is C19H19ClF2N4O. The zero-order valence-electron chi connectivity index (χ0n) is 14.9. The molecule has 4 rings (SSSR count). The Labute approximate surface area is 160 Å². The van der Waals surface area contributed by atoms with E-state index in [1.807, 2.05) is 24.6 Å². The van der Waals surface area contributed by atoms with Crippen molar-refractivity contribution in [3.05, 3.63) is 34.9 Å². The van der Waals surface area contributed by atoms with E-state index in [1.54, 1.807) is 12.1 Å². The van der Waals surface area contributed by atoms with E-state index in [4.69, 9.17) is 11.6 Å². The van der Waals surface area contributed by atoms with Gasteiger partial charge in [0.2, 0.25) is 5.92 Å². The second-order valence-corrected chi connectivity index (χ2v) is 7.53. The maximum atomic E-state index is 13.4. The average molecular weight is 393 g/mol. The topological polar surface area (TPSA) is 63.0 Å². The molecule has 1 aliphatic rings. The zero-order chi connectivity index (χ0) is 19.3. The van der Waals surface area contributed by atoms with Crippen molar-refractivity contribution < 1.29 is 13.9 Å². The van der Waals surface area contributed by atoms with E-state index in [0.717, 1.165) is 11.1 Å². The van der Waals surface area contributed by atoms with E-state index in [-0.39, 0.29) is 24.6 Å². The summed E-state index contributed by atoms with van der Waals surface area (Å²) in [5.41, 5.74) is 2.65. The van der Waals surface area contributed by atoms with Gasteiger partial charge >= 0.3 is 0 Å². The summed E-state index contributed by atoms with van der Waals surface area (Å²) < 4.78 is 28.6. The fraction of sp³-hybridized carbons (Fsp3) is 0.368. The van der Waals surface area contributed by atoms with Gasteiger partial charge in [0.1, 0.15) is 17.4 Å². The van der Waals surface area contributed by atoms with Crippen LogP contribution in [0.25, 0.3) is 22.6 Å². The number of fused-ring (bicyclic) bond motifs is 1. The number of hydrogen-bond donors (Lipinski definition) is 2. The highest BCUT2D eigenvalue weighted by Crippen LogP contribution is 2.37. The predicted molar refractivity (Wildman–Crippen MR) is 102 cm³/mol. The standard InChI is InChI=1S/C19H19ClF2N4O/c1-10-7-11(20)8-14(27)16(10)18-25-17-13(26(18)2)3-4-15(24-17)23-12-5-6-19(21,22)9-12/h3-4,7-8,12,27H,5-6,9H2,1-2H3,(H,23,24). The lowest BCUT2D eigenvalue weighted by molar-refractivity contribution is 0.00852. The zero-order valence-corrected chi connectivity index (χ0v) is 15.7. The van der Waals surface area contributed by atoms with Crippen LogP contribution in [0, 0.1) is 6.92 Å². The lowest BCUT2D eigenvalue weighted by atomic mass is 10.1. The summed E-state index contributed by atoms with van der Waals surface area (Å²) in [7, 11) is 1.84. The van der Waals surface area contributed by atoms with Crippen LogP contribution in [-0.2, 0) is 7.05 Å². The Morgan fingerprint density at radius 2 is 2.07 bits per heavy atom. The van der Waals surface area contributed by atoms with Gasteiger partial charge in [-0.15, -0.1) is 0 Å². The number of nitrogens with one attached hydrogen (secondary N) is 1. The molecule has 1 aromatic carbocycles. The number of nitrogens with zero attached hydrogens (tertiary/aromatic N) is 3. The van der Waals surface area contributed by atoms with Gasteiger partial charge in [0.05, 0.1) is 11.1 Å². The molecular weight excluding hydrogens is 374 g/mol. The number of imidazole rings is 1. The highest BCUT2D eigenvalue weighted by atomic mass is 35.5. The van der Waals surface area contributed by atoms with Gasteiger partial charge in [-0.05, 0) is 43.2 Å². The van der Waals surface area contributed by atoms with Crippen molar-refractivity contribution in [1.29, 1.82) is 0 Å². The van der Waals surface area contributed by atoms with Crippen molar-refractivity contribution in [3.63, 3.8) is 0 Å². The molecule has 5 nitrogen and oxygen atoms in total. The van der Waals surface area contributed by atoms with Crippen molar-refractivity contribution in [3.8, 4) is 17.1 Å². The van der Waals surface area contributed by atoms with Gasteiger partial charge in [0, 0.05) is 31.0 Å². The minimum Gasteiger partial charge on any atom is -0.507 e. The number of phenols is 1. The third kappa shape index (κ3) is 3.32. The molecule has 0 bridgehead atoms. The Morgan fingerprint density at radius 3 is 2.74 bits per heavy atom. The number of benzene rings is 1. The monoisotopic (exact) mass is 392 g/mol. The summed E-state index contributed by atoms with van der Waals surface area (Å²) in [6.07, 6.45) is 0.131. The number of anilines is 1. The number of halogens is 3. The number of alkyl halides is 2. The van der Waals surface area contributed by atoms with Crippen molar-refractivity contribution in [2.24, 2.45) is 7.05 Å². The highest BCUT2D eigenvalue weighted by Gasteiger charge is 2.39.